The van der Waals surface area contributed by atoms with Crippen molar-refractivity contribution >= 4 is 0 Å². The third-order valence-corrected chi connectivity index (χ3v) is 1.82. The van der Waals surface area contributed by atoms with E-state index in [-0.39, 0.29) is 6.61 Å². The van der Waals surface area contributed by atoms with E-state index < -0.39 is 5.95 Å². The SMILES string of the molecule is Cc1cnc(F)c(CO)c1C. The zero-order chi connectivity index (χ0) is 8.43. The van der Waals surface area contributed by atoms with Crippen molar-refractivity contribution in [1.29, 1.82) is 0 Å². The molecule has 0 aromatic carbocycles. The number of pyridine rings is 1. The summed E-state index contributed by atoms with van der Waals surface area (Å²) in [6, 6.07) is 0. The summed E-state index contributed by atoms with van der Waals surface area (Å²) in [4.78, 5) is 3.48. The highest BCUT2D eigenvalue weighted by Gasteiger charge is 2.06. The summed E-state index contributed by atoms with van der Waals surface area (Å²) in [5.74, 6) is -0.574. The zero-order valence-corrected chi connectivity index (χ0v) is 6.56. The quantitative estimate of drug-likeness (QED) is 0.620. The molecule has 0 fully saturated rings. The standard InChI is InChI=1S/C8H10FNO/c1-5-3-10-8(9)7(4-11)6(5)2/h3,11H,4H2,1-2H3. The van der Waals surface area contributed by atoms with E-state index in [0.717, 1.165) is 11.1 Å². The number of rotatable bonds is 1. The maximum atomic E-state index is 12.8. The van der Waals surface area contributed by atoms with Crippen molar-refractivity contribution in [3.63, 3.8) is 0 Å². The Bertz CT molecular complexity index is 273. The third-order valence-electron chi connectivity index (χ3n) is 1.82. The highest BCUT2D eigenvalue weighted by atomic mass is 19.1. The fourth-order valence-electron chi connectivity index (χ4n) is 0.905. The van der Waals surface area contributed by atoms with Crippen LogP contribution < -0.4 is 0 Å². The molecule has 1 aromatic rings. The average Bonchev–Trinajstić information content (AvgIpc) is 1.99. The van der Waals surface area contributed by atoms with Crippen LogP contribution in [-0.2, 0) is 6.61 Å². The molecule has 0 amide bonds. The maximum Gasteiger partial charge on any atom is 0.218 e. The second kappa shape index (κ2) is 2.96. The Hall–Kier alpha value is -0.960. The molecule has 3 heteroatoms. The van der Waals surface area contributed by atoms with Crippen LogP contribution >= 0.6 is 0 Å². The number of nitrogens with zero attached hydrogens (tertiary/aromatic N) is 1. The van der Waals surface area contributed by atoms with E-state index >= 15 is 0 Å². The molecule has 0 unspecified atom stereocenters. The van der Waals surface area contributed by atoms with Gasteiger partial charge in [-0.15, -0.1) is 0 Å². The Morgan fingerprint density at radius 3 is 2.64 bits per heavy atom. The van der Waals surface area contributed by atoms with Crippen LogP contribution in [0.2, 0.25) is 0 Å². The Morgan fingerprint density at radius 1 is 1.55 bits per heavy atom. The Kier molecular flexibility index (Phi) is 2.19. The number of hydrogen-bond donors (Lipinski definition) is 1. The van der Waals surface area contributed by atoms with Crippen molar-refractivity contribution in [1.82, 2.24) is 4.98 Å². The minimum Gasteiger partial charge on any atom is -0.391 e. The van der Waals surface area contributed by atoms with Crippen LogP contribution in [0, 0.1) is 19.8 Å². The van der Waals surface area contributed by atoms with E-state index in [1.807, 2.05) is 6.92 Å². The van der Waals surface area contributed by atoms with Crippen LogP contribution in [0.1, 0.15) is 16.7 Å². The molecular formula is C8H10FNO. The molecule has 0 radical (unpaired) electrons. The first-order valence-corrected chi connectivity index (χ1v) is 3.38. The largest absolute Gasteiger partial charge is 0.391 e. The molecule has 60 valence electrons. The van der Waals surface area contributed by atoms with Gasteiger partial charge in [-0.05, 0) is 25.0 Å². The lowest BCUT2D eigenvalue weighted by Crippen LogP contribution is -1.99. The van der Waals surface area contributed by atoms with Crippen LogP contribution in [0.5, 0.6) is 0 Å². The molecule has 0 saturated carbocycles. The second-order valence-electron chi connectivity index (χ2n) is 2.49. The normalized spacial score (nSPS) is 10.2. The number of halogens is 1. The molecule has 0 saturated heterocycles. The summed E-state index contributed by atoms with van der Waals surface area (Å²) < 4.78 is 12.8. The van der Waals surface area contributed by atoms with Crippen LogP contribution in [0.25, 0.3) is 0 Å². The van der Waals surface area contributed by atoms with Gasteiger partial charge in [-0.25, -0.2) is 4.98 Å². The first-order chi connectivity index (χ1) is 5.16. The van der Waals surface area contributed by atoms with Crippen molar-refractivity contribution in [3.8, 4) is 0 Å². The van der Waals surface area contributed by atoms with Crippen LogP contribution in [0.3, 0.4) is 0 Å². The molecule has 1 N–H and O–H groups in total. The lowest BCUT2D eigenvalue weighted by Gasteiger charge is -2.04. The molecule has 0 aliphatic heterocycles. The summed E-state index contributed by atoms with van der Waals surface area (Å²) in [6.07, 6.45) is 1.46. The Balaban J connectivity index is 3.29. The Morgan fingerprint density at radius 2 is 2.18 bits per heavy atom. The summed E-state index contributed by atoms with van der Waals surface area (Å²) in [6.45, 7) is 3.32. The molecule has 1 rings (SSSR count). The summed E-state index contributed by atoms with van der Waals surface area (Å²) in [7, 11) is 0. The topological polar surface area (TPSA) is 33.1 Å². The van der Waals surface area contributed by atoms with Crippen LogP contribution in [0.4, 0.5) is 4.39 Å². The molecule has 2 nitrogen and oxygen atoms in total. The number of aryl methyl sites for hydroxylation is 1. The van der Waals surface area contributed by atoms with Crippen molar-refractivity contribution in [2.24, 2.45) is 0 Å². The molecule has 0 aliphatic rings. The van der Waals surface area contributed by atoms with E-state index in [1.54, 1.807) is 6.92 Å². The summed E-state index contributed by atoms with van der Waals surface area (Å²) in [5.41, 5.74) is 1.97. The van der Waals surface area contributed by atoms with E-state index in [2.05, 4.69) is 4.98 Å². The van der Waals surface area contributed by atoms with Crippen LogP contribution in [0.15, 0.2) is 6.20 Å². The van der Waals surface area contributed by atoms with Crippen LogP contribution in [-0.4, -0.2) is 10.1 Å². The van der Waals surface area contributed by atoms with Crippen molar-refractivity contribution in [2.45, 2.75) is 20.5 Å². The molecular weight excluding hydrogens is 145 g/mol. The van der Waals surface area contributed by atoms with Gasteiger partial charge in [-0.1, -0.05) is 0 Å². The second-order valence-corrected chi connectivity index (χ2v) is 2.49. The van der Waals surface area contributed by atoms with Gasteiger partial charge in [0, 0.05) is 11.8 Å². The average molecular weight is 155 g/mol. The molecule has 1 heterocycles. The van der Waals surface area contributed by atoms with Gasteiger partial charge in [0.25, 0.3) is 0 Å². The number of aliphatic hydroxyl groups excluding tert-OH is 1. The minimum atomic E-state index is -0.574. The first-order valence-electron chi connectivity index (χ1n) is 3.38. The highest BCUT2D eigenvalue weighted by Crippen LogP contribution is 2.13. The van der Waals surface area contributed by atoms with Crippen molar-refractivity contribution < 1.29 is 9.50 Å². The number of aliphatic hydroxyl groups is 1. The van der Waals surface area contributed by atoms with Gasteiger partial charge in [0.15, 0.2) is 0 Å². The molecule has 0 spiro atoms. The van der Waals surface area contributed by atoms with E-state index in [4.69, 9.17) is 5.11 Å². The van der Waals surface area contributed by atoms with Gasteiger partial charge < -0.3 is 5.11 Å². The van der Waals surface area contributed by atoms with Gasteiger partial charge in [0.2, 0.25) is 5.95 Å². The molecule has 11 heavy (non-hydrogen) atoms. The Labute approximate surface area is 64.7 Å². The number of aromatic nitrogens is 1. The van der Waals surface area contributed by atoms with E-state index in [1.165, 1.54) is 6.20 Å². The monoisotopic (exact) mass is 155 g/mol. The van der Waals surface area contributed by atoms with Gasteiger partial charge in [0.1, 0.15) is 0 Å². The van der Waals surface area contributed by atoms with E-state index in [0.29, 0.717) is 5.56 Å². The predicted octanol–water partition coefficient (Wildman–Crippen LogP) is 1.33. The van der Waals surface area contributed by atoms with E-state index in [9.17, 15) is 4.39 Å². The van der Waals surface area contributed by atoms with Crippen molar-refractivity contribution in [3.05, 3.63) is 28.8 Å². The smallest absolute Gasteiger partial charge is 0.218 e. The predicted molar refractivity (Wildman–Crippen MR) is 39.6 cm³/mol. The lowest BCUT2D eigenvalue weighted by molar-refractivity contribution is 0.273. The van der Waals surface area contributed by atoms with Crippen molar-refractivity contribution in [2.75, 3.05) is 0 Å². The van der Waals surface area contributed by atoms with Gasteiger partial charge >= 0.3 is 0 Å². The molecule has 0 atom stereocenters. The van der Waals surface area contributed by atoms with Gasteiger partial charge in [-0.3, -0.25) is 0 Å². The minimum absolute atomic E-state index is 0.285. The zero-order valence-electron chi connectivity index (χ0n) is 6.56. The first kappa shape index (κ1) is 8.14. The number of hydrogen-bond acceptors (Lipinski definition) is 2. The third kappa shape index (κ3) is 1.38. The lowest BCUT2D eigenvalue weighted by atomic mass is 10.1. The summed E-state index contributed by atoms with van der Waals surface area (Å²) >= 11 is 0. The fraction of sp³-hybridized carbons (Fsp3) is 0.375. The molecule has 0 bridgehead atoms. The summed E-state index contributed by atoms with van der Waals surface area (Å²) in [5, 5.41) is 8.74. The maximum absolute atomic E-state index is 12.8. The molecule has 1 aromatic heterocycles. The van der Waals surface area contributed by atoms with Gasteiger partial charge in [0.05, 0.1) is 6.61 Å². The fourth-order valence-corrected chi connectivity index (χ4v) is 0.905. The van der Waals surface area contributed by atoms with Gasteiger partial charge in [-0.2, -0.15) is 4.39 Å². The highest BCUT2D eigenvalue weighted by molar-refractivity contribution is 5.29. The molecule has 0 aliphatic carbocycles.